The summed E-state index contributed by atoms with van der Waals surface area (Å²) in [6.45, 7) is 1.37. The Morgan fingerprint density at radius 1 is 1.12 bits per heavy atom. The molecule has 32 heavy (non-hydrogen) atoms. The Morgan fingerprint density at radius 3 is 2.69 bits per heavy atom. The molecule has 4 rings (SSSR count). The number of aromatic nitrogens is 1. The lowest BCUT2D eigenvalue weighted by Crippen LogP contribution is -2.39. The van der Waals surface area contributed by atoms with E-state index in [2.05, 4.69) is 4.98 Å². The standard InChI is InChI=1S/C24H24FN3O3S/c25-20-8-4-7-19(11-20)16-31-21-13-27(10-9-18-5-2-1-3-6-18)23(29)15-28(14-21)24(30)22-12-26-17-32-22/h1-8,11-12,17,21H,9-10,13-16H2. The van der Waals surface area contributed by atoms with Gasteiger partial charge >= 0.3 is 0 Å². The molecule has 1 unspecified atom stereocenters. The first kappa shape index (κ1) is 22.1. The number of ether oxygens (including phenoxy) is 1. The summed E-state index contributed by atoms with van der Waals surface area (Å²) in [5.74, 6) is -0.672. The number of carbonyl (C=O) groups is 2. The molecular formula is C24H24FN3O3S. The summed E-state index contributed by atoms with van der Waals surface area (Å²) in [6, 6.07) is 16.2. The number of thiazole rings is 1. The highest BCUT2D eigenvalue weighted by molar-refractivity contribution is 7.11. The van der Waals surface area contributed by atoms with Crippen molar-refractivity contribution in [2.45, 2.75) is 19.1 Å². The van der Waals surface area contributed by atoms with E-state index in [4.69, 9.17) is 4.74 Å². The fraction of sp³-hybridized carbons (Fsp3) is 0.292. The zero-order chi connectivity index (χ0) is 22.3. The quantitative estimate of drug-likeness (QED) is 0.550. The van der Waals surface area contributed by atoms with Gasteiger partial charge in [-0.2, -0.15) is 0 Å². The number of carbonyl (C=O) groups excluding carboxylic acids is 2. The van der Waals surface area contributed by atoms with E-state index >= 15 is 0 Å². The third-order valence-electron chi connectivity index (χ3n) is 5.35. The lowest BCUT2D eigenvalue weighted by Gasteiger charge is -2.25. The van der Waals surface area contributed by atoms with Crippen LogP contribution in [0.2, 0.25) is 0 Å². The molecule has 2 aromatic carbocycles. The van der Waals surface area contributed by atoms with Gasteiger partial charge in [-0.3, -0.25) is 14.6 Å². The molecule has 0 N–H and O–H groups in total. The molecule has 1 aromatic heterocycles. The number of benzene rings is 2. The summed E-state index contributed by atoms with van der Waals surface area (Å²) >= 11 is 1.24. The summed E-state index contributed by atoms with van der Waals surface area (Å²) in [6.07, 6.45) is 1.83. The average molecular weight is 454 g/mol. The number of rotatable bonds is 7. The second-order valence-corrected chi connectivity index (χ2v) is 8.58. The highest BCUT2D eigenvalue weighted by Crippen LogP contribution is 2.17. The molecule has 2 heterocycles. The van der Waals surface area contributed by atoms with Crippen LogP contribution in [0.1, 0.15) is 20.8 Å². The largest absolute Gasteiger partial charge is 0.370 e. The Morgan fingerprint density at radius 2 is 1.94 bits per heavy atom. The molecule has 0 aliphatic carbocycles. The van der Waals surface area contributed by atoms with Crippen molar-refractivity contribution < 1.29 is 18.7 Å². The summed E-state index contributed by atoms with van der Waals surface area (Å²) in [5.41, 5.74) is 3.44. The maximum absolute atomic E-state index is 13.5. The lowest BCUT2D eigenvalue weighted by molar-refractivity contribution is -0.131. The van der Waals surface area contributed by atoms with Crippen LogP contribution in [0.3, 0.4) is 0 Å². The van der Waals surface area contributed by atoms with Crippen molar-refractivity contribution >= 4 is 23.2 Å². The van der Waals surface area contributed by atoms with Crippen LogP contribution in [0.25, 0.3) is 0 Å². The molecule has 2 amide bonds. The van der Waals surface area contributed by atoms with E-state index in [9.17, 15) is 14.0 Å². The van der Waals surface area contributed by atoms with Crippen LogP contribution in [0.5, 0.6) is 0 Å². The van der Waals surface area contributed by atoms with Crippen molar-refractivity contribution in [3.05, 3.63) is 88.1 Å². The van der Waals surface area contributed by atoms with Gasteiger partial charge in [0.1, 0.15) is 17.2 Å². The monoisotopic (exact) mass is 453 g/mol. The summed E-state index contributed by atoms with van der Waals surface area (Å²) in [7, 11) is 0. The van der Waals surface area contributed by atoms with E-state index in [-0.39, 0.29) is 37.3 Å². The summed E-state index contributed by atoms with van der Waals surface area (Å²) < 4.78 is 19.6. The molecule has 1 fully saturated rings. The highest BCUT2D eigenvalue weighted by atomic mass is 32.1. The Kier molecular flexibility index (Phi) is 7.24. The van der Waals surface area contributed by atoms with Gasteiger partial charge in [-0.15, -0.1) is 11.3 Å². The minimum atomic E-state index is -0.391. The molecule has 6 nitrogen and oxygen atoms in total. The average Bonchev–Trinajstić information content (AvgIpc) is 3.29. The first-order valence-electron chi connectivity index (χ1n) is 10.4. The van der Waals surface area contributed by atoms with Gasteiger partial charge in [-0.05, 0) is 29.7 Å². The molecule has 0 bridgehead atoms. The first-order valence-corrected chi connectivity index (χ1v) is 11.3. The number of nitrogens with zero attached hydrogens (tertiary/aromatic N) is 3. The molecule has 3 aromatic rings. The Balaban J connectivity index is 1.48. The minimum absolute atomic E-state index is 0.00858. The second kappa shape index (κ2) is 10.5. The predicted octanol–water partition coefficient (Wildman–Crippen LogP) is 3.39. The van der Waals surface area contributed by atoms with Crippen LogP contribution in [-0.4, -0.2) is 58.9 Å². The molecular weight excluding hydrogens is 429 g/mol. The van der Waals surface area contributed by atoms with E-state index in [1.165, 1.54) is 34.6 Å². The van der Waals surface area contributed by atoms with Crippen molar-refractivity contribution in [3.63, 3.8) is 0 Å². The van der Waals surface area contributed by atoms with Gasteiger partial charge in [0, 0.05) is 19.6 Å². The van der Waals surface area contributed by atoms with Crippen molar-refractivity contribution in [3.8, 4) is 0 Å². The van der Waals surface area contributed by atoms with Crippen LogP contribution in [-0.2, 0) is 22.6 Å². The Bertz CT molecular complexity index is 1050. The van der Waals surface area contributed by atoms with Gasteiger partial charge in [0.25, 0.3) is 5.91 Å². The molecule has 1 aliphatic heterocycles. The topological polar surface area (TPSA) is 62.7 Å². The molecule has 1 saturated heterocycles. The molecule has 1 atom stereocenters. The molecule has 166 valence electrons. The van der Waals surface area contributed by atoms with Crippen LogP contribution in [0.15, 0.2) is 66.3 Å². The smallest absolute Gasteiger partial charge is 0.266 e. The third-order valence-corrected chi connectivity index (χ3v) is 6.11. The van der Waals surface area contributed by atoms with Crippen LogP contribution >= 0.6 is 11.3 Å². The Labute approximate surface area is 190 Å². The molecule has 8 heteroatoms. The molecule has 0 saturated carbocycles. The first-order chi connectivity index (χ1) is 15.6. The van der Waals surface area contributed by atoms with E-state index in [1.54, 1.807) is 22.5 Å². The SMILES string of the molecule is O=C1CN(C(=O)c2cncs2)CC(OCc2cccc(F)c2)CN1CCc1ccccc1. The van der Waals surface area contributed by atoms with Gasteiger partial charge < -0.3 is 14.5 Å². The zero-order valence-corrected chi connectivity index (χ0v) is 18.3. The predicted molar refractivity (Wildman–Crippen MR) is 120 cm³/mol. The minimum Gasteiger partial charge on any atom is -0.370 e. The normalized spacial score (nSPS) is 16.8. The van der Waals surface area contributed by atoms with Gasteiger partial charge in [0.2, 0.25) is 5.91 Å². The van der Waals surface area contributed by atoms with E-state index in [0.29, 0.717) is 30.0 Å². The van der Waals surface area contributed by atoms with Crippen LogP contribution in [0, 0.1) is 5.82 Å². The van der Waals surface area contributed by atoms with Gasteiger partial charge in [0.15, 0.2) is 0 Å². The van der Waals surface area contributed by atoms with Crippen molar-refractivity contribution in [1.82, 2.24) is 14.8 Å². The highest BCUT2D eigenvalue weighted by Gasteiger charge is 2.31. The number of hydrogen-bond donors (Lipinski definition) is 0. The fourth-order valence-corrected chi connectivity index (χ4v) is 4.27. The fourth-order valence-electron chi connectivity index (χ4n) is 3.68. The molecule has 0 radical (unpaired) electrons. The van der Waals surface area contributed by atoms with E-state index in [0.717, 1.165) is 5.56 Å². The van der Waals surface area contributed by atoms with Gasteiger partial charge in [-0.25, -0.2) is 4.39 Å². The molecule has 0 spiro atoms. The van der Waals surface area contributed by atoms with Crippen molar-refractivity contribution in [2.75, 3.05) is 26.2 Å². The third kappa shape index (κ3) is 5.77. The van der Waals surface area contributed by atoms with E-state index < -0.39 is 6.10 Å². The maximum Gasteiger partial charge on any atom is 0.266 e. The number of hydrogen-bond acceptors (Lipinski definition) is 5. The van der Waals surface area contributed by atoms with Crippen LogP contribution < -0.4 is 0 Å². The maximum atomic E-state index is 13.5. The number of amides is 2. The van der Waals surface area contributed by atoms with E-state index in [1.807, 2.05) is 30.3 Å². The van der Waals surface area contributed by atoms with Gasteiger partial charge in [0.05, 0.1) is 24.4 Å². The molecule has 1 aliphatic rings. The van der Waals surface area contributed by atoms with Crippen LogP contribution in [0.4, 0.5) is 4.39 Å². The zero-order valence-electron chi connectivity index (χ0n) is 17.5. The van der Waals surface area contributed by atoms with Crippen molar-refractivity contribution in [2.24, 2.45) is 0 Å². The second-order valence-electron chi connectivity index (χ2n) is 7.69. The van der Waals surface area contributed by atoms with Crippen molar-refractivity contribution in [1.29, 1.82) is 0 Å². The number of halogens is 1. The van der Waals surface area contributed by atoms with Gasteiger partial charge in [-0.1, -0.05) is 42.5 Å². The Hall–Kier alpha value is -3.10. The summed E-state index contributed by atoms with van der Waals surface area (Å²) in [4.78, 5) is 33.7. The lowest BCUT2D eigenvalue weighted by atomic mass is 10.1. The summed E-state index contributed by atoms with van der Waals surface area (Å²) in [5, 5.41) is 0.